The summed E-state index contributed by atoms with van der Waals surface area (Å²) in [6, 6.07) is 21.8. The van der Waals surface area contributed by atoms with Crippen LogP contribution in [0, 0.1) is 17.2 Å². The van der Waals surface area contributed by atoms with Gasteiger partial charge in [0.2, 0.25) is 0 Å². The van der Waals surface area contributed by atoms with E-state index in [1.54, 1.807) is 0 Å². The topological polar surface area (TPSA) is 33.5 Å². The number of hydrogen-bond donors (Lipinski definition) is 0. The van der Waals surface area contributed by atoms with E-state index in [1.165, 1.54) is 30.8 Å². The van der Waals surface area contributed by atoms with Crippen molar-refractivity contribution >= 4 is 5.69 Å². The van der Waals surface area contributed by atoms with E-state index in [-0.39, 0.29) is 0 Å². The fourth-order valence-corrected chi connectivity index (χ4v) is 4.81. The van der Waals surface area contributed by atoms with Crippen LogP contribution in [0.2, 0.25) is 0 Å². The smallest absolute Gasteiger partial charge is 0.0991 e. The molecule has 2 aromatic rings. The molecule has 2 fully saturated rings. The van der Waals surface area contributed by atoms with Gasteiger partial charge in [0.25, 0.3) is 0 Å². The van der Waals surface area contributed by atoms with E-state index in [0.717, 1.165) is 38.3 Å². The van der Waals surface area contributed by atoms with E-state index in [0.29, 0.717) is 12.0 Å². The molecule has 0 aromatic heterocycles. The van der Waals surface area contributed by atoms with Crippen molar-refractivity contribution in [2.45, 2.75) is 25.9 Å². The summed E-state index contributed by atoms with van der Waals surface area (Å²) in [6.45, 7) is 10.3. The van der Waals surface area contributed by atoms with Gasteiger partial charge in [0.05, 0.1) is 11.6 Å². The molecule has 4 rings (SSSR count). The molecule has 0 saturated carbocycles. The molecule has 0 spiro atoms. The van der Waals surface area contributed by atoms with E-state index >= 15 is 0 Å². The summed E-state index contributed by atoms with van der Waals surface area (Å²) in [5.74, 6) is 0.707. The number of hydrogen-bond acceptors (Lipinski definition) is 4. The van der Waals surface area contributed by atoms with E-state index in [1.807, 2.05) is 12.1 Å². The zero-order valence-electron chi connectivity index (χ0n) is 16.8. The van der Waals surface area contributed by atoms with Gasteiger partial charge >= 0.3 is 0 Å². The van der Waals surface area contributed by atoms with Crippen molar-refractivity contribution in [3.8, 4) is 6.07 Å². The Kier molecular flexibility index (Phi) is 5.95. The summed E-state index contributed by atoms with van der Waals surface area (Å²) >= 11 is 0. The Bertz CT molecular complexity index is 788. The van der Waals surface area contributed by atoms with Crippen LogP contribution in [0.3, 0.4) is 0 Å². The summed E-state index contributed by atoms with van der Waals surface area (Å²) in [5.41, 5.74) is 3.40. The second kappa shape index (κ2) is 8.77. The van der Waals surface area contributed by atoms with Gasteiger partial charge in [-0.25, -0.2) is 0 Å². The maximum absolute atomic E-state index is 8.97. The van der Waals surface area contributed by atoms with Crippen molar-refractivity contribution in [3.63, 3.8) is 0 Å². The molecule has 2 aliphatic heterocycles. The lowest BCUT2D eigenvalue weighted by Crippen LogP contribution is -2.56. The van der Waals surface area contributed by atoms with Crippen LogP contribution in [-0.4, -0.2) is 55.1 Å². The third-order valence-corrected chi connectivity index (χ3v) is 6.34. The number of anilines is 1. The van der Waals surface area contributed by atoms with Crippen LogP contribution in [0.5, 0.6) is 0 Å². The maximum atomic E-state index is 8.97. The molecule has 2 aliphatic rings. The number of nitriles is 1. The fourth-order valence-electron chi connectivity index (χ4n) is 4.81. The Labute approximate surface area is 169 Å². The zero-order chi connectivity index (χ0) is 19.3. The van der Waals surface area contributed by atoms with Gasteiger partial charge in [-0.05, 0) is 48.7 Å². The minimum Gasteiger partial charge on any atom is -0.369 e. The van der Waals surface area contributed by atoms with Crippen molar-refractivity contribution in [2.75, 3.05) is 44.2 Å². The summed E-state index contributed by atoms with van der Waals surface area (Å²) in [6.07, 6.45) is 1.27. The predicted molar refractivity (Wildman–Crippen MR) is 114 cm³/mol. The van der Waals surface area contributed by atoms with Crippen LogP contribution in [0.15, 0.2) is 54.6 Å². The van der Waals surface area contributed by atoms with Gasteiger partial charge in [-0.3, -0.25) is 9.80 Å². The highest BCUT2D eigenvalue weighted by Gasteiger charge is 2.32. The first kappa shape index (κ1) is 19.0. The van der Waals surface area contributed by atoms with Crippen LogP contribution in [0.4, 0.5) is 5.69 Å². The average molecular weight is 375 g/mol. The second-order valence-electron chi connectivity index (χ2n) is 8.24. The Morgan fingerprint density at radius 2 is 1.64 bits per heavy atom. The van der Waals surface area contributed by atoms with Gasteiger partial charge < -0.3 is 4.90 Å². The molecule has 2 atom stereocenters. The summed E-state index contributed by atoms with van der Waals surface area (Å²) in [4.78, 5) is 7.78. The van der Waals surface area contributed by atoms with Crippen LogP contribution in [0.25, 0.3) is 0 Å². The summed E-state index contributed by atoms with van der Waals surface area (Å²) < 4.78 is 0. The molecule has 0 amide bonds. The highest BCUT2D eigenvalue weighted by molar-refractivity contribution is 5.50. The summed E-state index contributed by atoms with van der Waals surface area (Å²) in [5, 5.41) is 8.97. The largest absolute Gasteiger partial charge is 0.369 e. The Morgan fingerprint density at radius 1 is 0.929 bits per heavy atom. The summed E-state index contributed by atoms with van der Waals surface area (Å²) in [7, 11) is 0. The Morgan fingerprint density at radius 3 is 2.29 bits per heavy atom. The third-order valence-electron chi connectivity index (χ3n) is 6.34. The molecule has 2 heterocycles. The number of piperidine rings is 1. The highest BCUT2D eigenvalue weighted by Crippen LogP contribution is 2.26. The van der Waals surface area contributed by atoms with E-state index in [2.05, 4.69) is 70.2 Å². The normalized spacial score (nSPS) is 24.1. The molecule has 2 saturated heterocycles. The SMILES string of the molecule is C[C@@H]1CN(Cc2ccccc2)CC[C@@H]1N1CCN(c2ccc(C#N)cc2)CC1. The molecule has 0 bridgehead atoms. The number of benzene rings is 2. The first-order chi connectivity index (χ1) is 13.7. The van der Waals surface area contributed by atoms with E-state index in [4.69, 9.17) is 5.26 Å². The lowest BCUT2D eigenvalue weighted by atomic mass is 9.91. The molecule has 2 aromatic carbocycles. The molecular weight excluding hydrogens is 344 g/mol. The van der Waals surface area contributed by atoms with Crippen molar-refractivity contribution in [2.24, 2.45) is 5.92 Å². The molecule has 4 nitrogen and oxygen atoms in total. The molecule has 0 unspecified atom stereocenters. The molecule has 28 heavy (non-hydrogen) atoms. The first-order valence-corrected chi connectivity index (χ1v) is 10.5. The molecule has 4 heteroatoms. The Hall–Kier alpha value is -2.35. The number of nitrogens with zero attached hydrogens (tertiary/aromatic N) is 4. The monoisotopic (exact) mass is 374 g/mol. The number of piperazine rings is 1. The van der Waals surface area contributed by atoms with Crippen LogP contribution < -0.4 is 4.90 Å². The van der Waals surface area contributed by atoms with Crippen molar-refractivity contribution in [1.82, 2.24) is 9.80 Å². The lowest BCUT2D eigenvalue weighted by molar-refractivity contribution is 0.0569. The lowest BCUT2D eigenvalue weighted by Gasteiger charge is -2.46. The van der Waals surface area contributed by atoms with Crippen molar-refractivity contribution in [3.05, 3.63) is 65.7 Å². The average Bonchev–Trinajstić information content (AvgIpc) is 2.75. The quantitative estimate of drug-likeness (QED) is 0.819. The van der Waals surface area contributed by atoms with Crippen LogP contribution >= 0.6 is 0 Å². The number of likely N-dealkylation sites (tertiary alicyclic amines) is 1. The van der Waals surface area contributed by atoms with E-state index < -0.39 is 0 Å². The standard InChI is InChI=1S/C24H30N4/c1-20-18-26(19-22-5-3-2-4-6-22)12-11-24(20)28-15-13-27(14-16-28)23-9-7-21(17-25)8-10-23/h2-10,20,24H,11-16,18-19H2,1H3/t20-,24+/m1/s1. The zero-order valence-corrected chi connectivity index (χ0v) is 16.8. The van der Waals surface area contributed by atoms with Gasteiger partial charge in [-0.2, -0.15) is 5.26 Å². The fraction of sp³-hybridized carbons (Fsp3) is 0.458. The van der Waals surface area contributed by atoms with Gasteiger partial charge in [-0.15, -0.1) is 0 Å². The molecule has 0 radical (unpaired) electrons. The minimum atomic E-state index is 0.704. The first-order valence-electron chi connectivity index (χ1n) is 10.5. The van der Waals surface area contributed by atoms with Gasteiger partial charge in [0, 0.05) is 51.0 Å². The molecule has 146 valence electrons. The maximum Gasteiger partial charge on any atom is 0.0991 e. The highest BCUT2D eigenvalue weighted by atomic mass is 15.3. The minimum absolute atomic E-state index is 0.704. The van der Waals surface area contributed by atoms with Crippen LogP contribution in [0.1, 0.15) is 24.5 Å². The molecule has 0 N–H and O–H groups in total. The molecule has 0 aliphatic carbocycles. The van der Waals surface area contributed by atoms with Crippen molar-refractivity contribution < 1.29 is 0 Å². The van der Waals surface area contributed by atoms with Gasteiger partial charge in [0.15, 0.2) is 0 Å². The Balaban J connectivity index is 1.28. The van der Waals surface area contributed by atoms with Crippen molar-refractivity contribution in [1.29, 1.82) is 5.26 Å². The molecular formula is C24H30N4. The van der Waals surface area contributed by atoms with Crippen LogP contribution in [-0.2, 0) is 6.54 Å². The third kappa shape index (κ3) is 4.38. The van der Waals surface area contributed by atoms with Gasteiger partial charge in [-0.1, -0.05) is 37.3 Å². The number of rotatable bonds is 4. The van der Waals surface area contributed by atoms with Gasteiger partial charge in [0.1, 0.15) is 0 Å². The van der Waals surface area contributed by atoms with E-state index in [9.17, 15) is 0 Å². The predicted octanol–water partition coefficient (Wildman–Crippen LogP) is 3.59. The second-order valence-corrected chi connectivity index (χ2v) is 8.24.